The van der Waals surface area contributed by atoms with Gasteiger partial charge in [0.15, 0.2) is 11.5 Å². The summed E-state index contributed by atoms with van der Waals surface area (Å²) in [4.78, 5) is 4.58. The Balaban J connectivity index is 0.00000145. The van der Waals surface area contributed by atoms with Gasteiger partial charge < -0.3 is 14.9 Å². The van der Waals surface area contributed by atoms with E-state index in [4.69, 9.17) is 4.74 Å². The van der Waals surface area contributed by atoms with Gasteiger partial charge in [0.05, 0.1) is 5.69 Å². The minimum atomic E-state index is 0.0958. The van der Waals surface area contributed by atoms with Gasteiger partial charge >= 0.3 is 0 Å². The van der Waals surface area contributed by atoms with Crippen molar-refractivity contribution < 1.29 is 14.9 Å². The van der Waals surface area contributed by atoms with Crippen molar-refractivity contribution in [1.82, 2.24) is 4.98 Å². The van der Waals surface area contributed by atoms with E-state index in [2.05, 4.69) is 4.98 Å². The summed E-state index contributed by atoms with van der Waals surface area (Å²) in [5.74, 6) is 0.788. The molecule has 0 saturated heterocycles. The summed E-state index contributed by atoms with van der Waals surface area (Å²) >= 11 is 0. The van der Waals surface area contributed by atoms with Crippen LogP contribution in [0, 0.1) is 6.92 Å². The van der Waals surface area contributed by atoms with E-state index in [0.29, 0.717) is 12.4 Å². The molecule has 0 aliphatic carbocycles. The minimum absolute atomic E-state index is 0.0958. The Morgan fingerprint density at radius 2 is 1.59 bits per heavy atom. The van der Waals surface area contributed by atoms with Gasteiger partial charge in [-0.2, -0.15) is 0 Å². The molecule has 0 fully saturated rings. The Morgan fingerprint density at radius 3 is 2.17 bits per heavy atom. The number of nitrogens with zero attached hydrogens (tertiary/aromatic N) is 1. The molecule has 152 valence electrons. The summed E-state index contributed by atoms with van der Waals surface area (Å²) < 4.78 is 5.59. The first kappa shape index (κ1) is 22.0. The number of allylic oxidation sites excluding steroid dienone is 1. The van der Waals surface area contributed by atoms with E-state index in [9.17, 15) is 10.2 Å². The Labute approximate surface area is 173 Å². The SMILES string of the molecule is CC.CC(C)=CCOc1ccc(-c2ncc(-c3ccc(O)cc3)cc2C)cc1O. The Kier molecular flexibility index (Phi) is 7.84. The third-order valence-electron chi connectivity index (χ3n) is 4.24. The van der Waals surface area contributed by atoms with E-state index in [1.165, 1.54) is 5.57 Å². The number of aromatic hydroxyl groups is 2. The van der Waals surface area contributed by atoms with Crippen molar-refractivity contribution in [2.45, 2.75) is 34.6 Å². The standard InChI is InChI=1S/C23H23NO3.C2H6/c1-15(2)10-11-27-22-9-6-18(13-21(22)26)23-16(3)12-19(14-24-23)17-4-7-20(25)8-5-17;1-2/h4-10,12-14,25-26H,11H2,1-3H3;1-2H3. The maximum atomic E-state index is 10.3. The van der Waals surface area contributed by atoms with Crippen LogP contribution < -0.4 is 4.74 Å². The van der Waals surface area contributed by atoms with Crippen LogP contribution in [-0.2, 0) is 0 Å². The quantitative estimate of drug-likeness (QED) is 0.487. The first-order valence-corrected chi connectivity index (χ1v) is 9.79. The predicted molar refractivity (Wildman–Crippen MR) is 119 cm³/mol. The molecule has 0 spiro atoms. The summed E-state index contributed by atoms with van der Waals surface area (Å²) in [5.41, 5.74) is 5.77. The van der Waals surface area contributed by atoms with Crippen LogP contribution >= 0.6 is 0 Å². The van der Waals surface area contributed by atoms with Gasteiger partial charge in [0, 0.05) is 17.3 Å². The number of hydrogen-bond acceptors (Lipinski definition) is 4. The van der Waals surface area contributed by atoms with Crippen LogP contribution in [0.25, 0.3) is 22.4 Å². The lowest BCUT2D eigenvalue weighted by atomic mass is 10.0. The molecule has 4 nitrogen and oxygen atoms in total. The molecule has 0 amide bonds. The van der Waals surface area contributed by atoms with Crippen molar-refractivity contribution in [1.29, 1.82) is 0 Å². The number of aryl methyl sites for hydroxylation is 1. The fourth-order valence-corrected chi connectivity index (χ4v) is 2.77. The highest BCUT2D eigenvalue weighted by molar-refractivity contribution is 5.71. The molecule has 2 N–H and O–H groups in total. The zero-order chi connectivity index (χ0) is 21.4. The molecule has 29 heavy (non-hydrogen) atoms. The topological polar surface area (TPSA) is 62.6 Å². The number of rotatable bonds is 5. The molecular weight excluding hydrogens is 362 g/mol. The highest BCUT2D eigenvalue weighted by atomic mass is 16.5. The molecule has 0 unspecified atom stereocenters. The average molecular weight is 392 g/mol. The van der Waals surface area contributed by atoms with E-state index < -0.39 is 0 Å². The molecule has 0 saturated carbocycles. The van der Waals surface area contributed by atoms with Crippen molar-refractivity contribution >= 4 is 0 Å². The van der Waals surface area contributed by atoms with Crippen LogP contribution in [0.3, 0.4) is 0 Å². The van der Waals surface area contributed by atoms with E-state index in [1.807, 2.05) is 65.0 Å². The summed E-state index contributed by atoms with van der Waals surface area (Å²) in [7, 11) is 0. The summed E-state index contributed by atoms with van der Waals surface area (Å²) in [6.07, 6.45) is 3.76. The van der Waals surface area contributed by atoms with Crippen LogP contribution in [-0.4, -0.2) is 21.8 Å². The second-order valence-corrected chi connectivity index (χ2v) is 6.71. The van der Waals surface area contributed by atoms with E-state index in [1.54, 1.807) is 30.5 Å². The third kappa shape index (κ3) is 5.85. The number of pyridine rings is 1. The highest BCUT2D eigenvalue weighted by Crippen LogP contribution is 2.33. The minimum Gasteiger partial charge on any atom is -0.508 e. The molecule has 0 aliphatic heterocycles. The zero-order valence-corrected chi connectivity index (χ0v) is 17.7. The van der Waals surface area contributed by atoms with Gasteiger partial charge in [-0.05, 0) is 74.4 Å². The fraction of sp³-hybridized carbons (Fsp3) is 0.240. The van der Waals surface area contributed by atoms with Crippen LogP contribution in [0.1, 0.15) is 33.3 Å². The smallest absolute Gasteiger partial charge is 0.161 e. The zero-order valence-electron chi connectivity index (χ0n) is 17.7. The van der Waals surface area contributed by atoms with Gasteiger partial charge in [-0.15, -0.1) is 0 Å². The summed E-state index contributed by atoms with van der Waals surface area (Å²) in [6.45, 7) is 10.4. The fourth-order valence-electron chi connectivity index (χ4n) is 2.77. The second kappa shape index (κ2) is 10.3. The van der Waals surface area contributed by atoms with Gasteiger partial charge in [0.25, 0.3) is 0 Å². The Bertz CT molecular complexity index is 972. The molecule has 2 aromatic carbocycles. The summed E-state index contributed by atoms with van der Waals surface area (Å²) in [6, 6.07) is 14.4. The lowest BCUT2D eigenvalue weighted by Gasteiger charge is -2.11. The van der Waals surface area contributed by atoms with Crippen molar-refractivity contribution in [2.24, 2.45) is 0 Å². The maximum absolute atomic E-state index is 10.3. The van der Waals surface area contributed by atoms with E-state index in [0.717, 1.165) is 27.9 Å². The molecule has 3 rings (SSSR count). The number of hydrogen-bond donors (Lipinski definition) is 2. The van der Waals surface area contributed by atoms with Gasteiger partial charge in [-0.1, -0.05) is 31.6 Å². The first-order valence-electron chi connectivity index (χ1n) is 9.79. The molecule has 0 aliphatic rings. The van der Waals surface area contributed by atoms with Crippen LogP contribution in [0.15, 0.2) is 66.4 Å². The van der Waals surface area contributed by atoms with Gasteiger partial charge in [-0.25, -0.2) is 0 Å². The Morgan fingerprint density at radius 1 is 0.931 bits per heavy atom. The number of phenolic OH excluding ortho intramolecular Hbond substituents is 2. The molecular formula is C25H29NO3. The van der Waals surface area contributed by atoms with Crippen molar-refractivity contribution in [2.75, 3.05) is 6.61 Å². The lowest BCUT2D eigenvalue weighted by molar-refractivity contribution is 0.335. The largest absolute Gasteiger partial charge is 0.508 e. The molecule has 0 bridgehead atoms. The monoisotopic (exact) mass is 391 g/mol. The molecule has 0 radical (unpaired) electrons. The van der Waals surface area contributed by atoms with Gasteiger partial charge in [0.1, 0.15) is 12.4 Å². The van der Waals surface area contributed by atoms with E-state index in [-0.39, 0.29) is 11.5 Å². The molecule has 1 heterocycles. The number of phenols is 2. The van der Waals surface area contributed by atoms with Gasteiger partial charge in [0.2, 0.25) is 0 Å². The average Bonchev–Trinajstić information content (AvgIpc) is 2.71. The summed E-state index contributed by atoms with van der Waals surface area (Å²) in [5, 5.41) is 19.7. The first-order chi connectivity index (χ1) is 13.9. The van der Waals surface area contributed by atoms with E-state index >= 15 is 0 Å². The molecule has 1 aromatic heterocycles. The molecule has 0 atom stereocenters. The van der Waals surface area contributed by atoms with Gasteiger partial charge in [-0.3, -0.25) is 4.98 Å². The Hall–Kier alpha value is -3.27. The third-order valence-corrected chi connectivity index (χ3v) is 4.24. The van der Waals surface area contributed by atoms with Crippen molar-refractivity contribution in [3.63, 3.8) is 0 Å². The molecule has 4 heteroatoms. The predicted octanol–water partition coefficient (Wildman–Crippen LogP) is 6.51. The van der Waals surface area contributed by atoms with Crippen molar-refractivity contribution in [3.8, 4) is 39.6 Å². The number of benzene rings is 2. The lowest BCUT2D eigenvalue weighted by Crippen LogP contribution is -1.95. The number of ether oxygens (including phenoxy) is 1. The molecule has 3 aromatic rings. The number of aromatic nitrogens is 1. The normalized spacial score (nSPS) is 9.97. The highest BCUT2D eigenvalue weighted by Gasteiger charge is 2.10. The maximum Gasteiger partial charge on any atom is 0.161 e. The van der Waals surface area contributed by atoms with Crippen LogP contribution in [0.4, 0.5) is 0 Å². The van der Waals surface area contributed by atoms with Crippen LogP contribution in [0.2, 0.25) is 0 Å². The second-order valence-electron chi connectivity index (χ2n) is 6.71. The van der Waals surface area contributed by atoms with Crippen LogP contribution in [0.5, 0.6) is 17.2 Å². The van der Waals surface area contributed by atoms with Crippen molar-refractivity contribution in [3.05, 3.63) is 71.9 Å².